The van der Waals surface area contributed by atoms with Crippen LogP contribution >= 0.6 is 0 Å². The predicted octanol–water partition coefficient (Wildman–Crippen LogP) is 2.24. The Morgan fingerprint density at radius 1 is 1.24 bits per heavy atom. The van der Waals surface area contributed by atoms with Crippen LogP contribution in [0.5, 0.6) is 0 Å². The van der Waals surface area contributed by atoms with Gasteiger partial charge in [0.05, 0.1) is 13.1 Å². The SMILES string of the molecule is O=C=NCCCC12CCC(CC1CN=C=O)C2. The van der Waals surface area contributed by atoms with Gasteiger partial charge in [0.2, 0.25) is 12.2 Å². The quantitative estimate of drug-likeness (QED) is 0.402. The van der Waals surface area contributed by atoms with Crippen LogP contribution in [-0.4, -0.2) is 25.2 Å². The van der Waals surface area contributed by atoms with Crippen LogP contribution in [0.25, 0.3) is 0 Å². The Balaban J connectivity index is 1.94. The summed E-state index contributed by atoms with van der Waals surface area (Å²) >= 11 is 0. The van der Waals surface area contributed by atoms with E-state index in [1.54, 1.807) is 12.2 Å². The zero-order valence-electron chi connectivity index (χ0n) is 10.0. The van der Waals surface area contributed by atoms with Gasteiger partial charge < -0.3 is 0 Å². The molecule has 0 radical (unpaired) electrons. The first-order chi connectivity index (χ1) is 8.30. The van der Waals surface area contributed by atoms with Crippen molar-refractivity contribution in [2.24, 2.45) is 27.2 Å². The van der Waals surface area contributed by atoms with E-state index in [1.807, 2.05) is 0 Å². The van der Waals surface area contributed by atoms with Crippen LogP contribution in [0.2, 0.25) is 0 Å². The highest BCUT2D eigenvalue weighted by molar-refractivity contribution is 5.33. The highest BCUT2D eigenvalue weighted by atomic mass is 16.1. The molecule has 0 aliphatic heterocycles. The molecule has 2 aliphatic carbocycles. The van der Waals surface area contributed by atoms with Crippen molar-refractivity contribution in [3.8, 4) is 0 Å². The molecule has 0 amide bonds. The van der Waals surface area contributed by atoms with Crippen molar-refractivity contribution in [3.63, 3.8) is 0 Å². The van der Waals surface area contributed by atoms with E-state index in [-0.39, 0.29) is 0 Å². The number of hydrogen-bond donors (Lipinski definition) is 0. The van der Waals surface area contributed by atoms with Crippen molar-refractivity contribution < 1.29 is 9.59 Å². The van der Waals surface area contributed by atoms with Gasteiger partial charge in [-0.25, -0.2) is 19.6 Å². The fraction of sp³-hybridized carbons (Fsp3) is 0.846. The highest BCUT2D eigenvalue weighted by Crippen LogP contribution is 2.59. The van der Waals surface area contributed by atoms with Crippen LogP contribution in [0.4, 0.5) is 0 Å². The fourth-order valence-electron chi connectivity index (χ4n) is 3.90. The molecule has 0 aromatic carbocycles. The number of fused-ring (bicyclic) bond motifs is 2. The standard InChI is InChI=1S/C13H18N2O2/c16-9-14-5-1-3-13-4-2-11(7-13)6-12(13)8-15-10-17/h11-12H,1-8H2. The second-order valence-electron chi connectivity index (χ2n) is 5.41. The van der Waals surface area contributed by atoms with Gasteiger partial charge in [-0.1, -0.05) is 0 Å². The van der Waals surface area contributed by atoms with Crippen LogP contribution in [-0.2, 0) is 9.59 Å². The molecule has 4 nitrogen and oxygen atoms in total. The molecule has 0 aromatic heterocycles. The largest absolute Gasteiger partial charge is 0.234 e. The zero-order valence-corrected chi connectivity index (χ0v) is 10.0. The third-order valence-corrected chi connectivity index (χ3v) is 4.61. The molecule has 0 saturated heterocycles. The Morgan fingerprint density at radius 2 is 2.06 bits per heavy atom. The monoisotopic (exact) mass is 234 g/mol. The number of rotatable bonds is 6. The summed E-state index contributed by atoms with van der Waals surface area (Å²) in [5, 5.41) is 0. The van der Waals surface area contributed by atoms with Crippen LogP contribution in [0, 0.1) is 17.3 Å². The average Bonchev–Trinajstić information content (AvgIpc) is 2.90. The Bertz CT molecular complexity index is 370. The fourth-order valence-corrected chi connectivity index (χ4v) is 3.90. The van der Waals surface area contributed by atoms with E-state index >= 15 is 0 Å². The predicted molar refractivity (Wildman–Crippen MR) is 63.1 cm³/mol. The van der Waals surface area contributed by atoms with E-state index in [9.17, 15) is 9.59 Å². The van der Waals surface area contributed by atoms with Gasteiger partial charge in [-0.15, -0.1) is 0 Å². The van der Waals surface area contributed by atoms with Crippen molar-refractivity contribution in [1.82, 2.24) is 0 Å². The maximum atomic E-state index is 10.2. The summed E-state index contributed by atoms with van der Waals surface area (Å²) in [7, 11) is 0. The van der Waals surface area contributed by atoms with Crippen LogP contribution in [0.3, 0.4) is 0 Å². The maximum absolute atomic E-state index is 10.2. The molecule has 2 rings (SSSR count). The maximum Gasteiger partial charge on any atom is 0.234 e. The van der Waals surface area contributed by atoms with Crippen molar-refractivity contribution >= 4 is 12.2 Å². The summed E-state index contributed by atoms with van der Waals surface area (Å²) in [4.78, 5) is 27.6. The molecule has 0 spiro atoms. The molecule has 2 bridgehead atoms. The Kier molecular flexibility index (Phi) is 3.88. The van der Waals surface area contributed by atoms with Gasteiger partial charge in [0.25, 0.3) is 0 Å². The minimum Gasteiger partial charge on any atom is -0.211 e. The third-order valence-electron chi connectivity index (χ3n) is 4.61. The molecule has 92 valence electrons. The van der Waals surface area contributed by atoms with E-state index in [2.05, 4.69) is 9.98 Å². The Morgan fingerprint density at radius 3 is 2.76 bits per heavy atom. The molecule has 2 fully saturated rings. The summed E-state index contributed by atoms with van der Waals surface area (Å²) in [5.41, 5.74) is 0.365. The molecule has 3 atom stereocenters. The molecule has 0 aromatic rings. The van der Waals surface area contributed by atoms with Gasteiger partial charge >= 0.3 is 0 Å². The molecular weight excluding hydrogens is 216 g/mol. The van der Waals surface area contributed by atoms with Gasteiger partial charge in [0.1, 0.15) is 0 Å². The lowest BCUT2D eigenvalue weighted by atomic mass is 9.72. The van der Waals surface area contributed by atoms with Crippen LogP contribution in [0.1, 0.15) is 38.5 Å². The number of carbonyl (C=O) groups excluding carboxylic acids is 2. The molecule has 17 heavy (non-hydrogen) atoms. The van der Waals surface area contributed by atoms with Gasteiger partial charge in [-0.05, 0) is 55.8 Å². The first-order valence-corrected chi connectivity index (χ1v) is 6.38. The van der Waals surface area contributed by atoms with E-state index in [0.717, 1.165) is 18.8 Å². The lowest BCUT2D eigenvalue weighted by Crippen LogP contribution is -2.27. The van der Waals surface area contributed by atoms with Crippen molar-refractivity contribution in [2.75, 3.05) is 13.1 Å². The molecule has 4 heteroatoms. The van der Waals surface area contributed by atoms with Crippen molar-refractivity contribution in [1.29, 1.82) is 0 Å². The first kappa shape index (κ1) is 12.2. The van der Waals surface area contributed by atoms with Gasteiger partial charge in [-0.3, -0.25) is 0 Å². The molecule has 0 N–H and O–H groups in total. The minimum absolute atomic E-state index is 0.365. The molecule has 2 aliphatic rings. The van der Waals surface area contributed by atoms with E-state index in [1.165, 1.54) is 25.7 Å². The summed E-state index contributed by atoms with van der Waals surface area (Å²) in [6, 6.07) is 0. The van der Waals surface area contributed by atoms with Crippen molar-refractivity contribution in [3.05, 3.63) is 0 Å². The van der Waals surface area contributed by atoms with E-state index < -0.39 is 0 Å². The number of aliphatic imine (C=N–C) groups is 2. The summed E-state index contributed by atoms with van der Waals surface area (Å²) in [5.74, 6) is 1.37. The van der Waals surface area contributed by atoms with E-state index in [0.29, 0.717) is 24.4 Å². The molecule has 0 heterocycles. The minimum atomic E-state index is 0.365. The normalized spacial score (nSPS) is 34.1. The van der Waals surface area contributed by atoms with Crippen molar-refractivity contribution in [2.45, 2.75) is 38.5 Å². The average molecular weight is 234 g/mol. The number of hydrogen-bond acceptors (Lipinski definition) is 4. The molecule has 3 unspecified atom stereocenters. The summed E-state index contributed by atoms with van der Waals surface area (Å²) in [6.45, 7) is 1.22. The first-order valence-electron chi connectivity index (χ1n) is 6.38. The van der Waals surface area contributed by atoms with Crippen LogP contribution < -0.4 is 0 Å². The molecule has 2 saturated carbocycles. The zero-order chi connectivity index (χ0) is 12.1. The lowest BCUT2D eigenvalue weighted by Gasteiger charge is -2.34. The second kappa shape index (κ2) is 5.39. The second-order valence-corrected chi connectivity index (χ2v) is 5.41. The number of isocyanates is 2. The smallest absolute Gasteiger partial charge is 0.211 e. The third kappa shape index (κ3) is 2.54. The highest BCUT2D eigenvalue weighted by Gasteiger charge is 2.50. The van der Waals surface area contributed by atoms with Crippen LogP contribution in [0.15, 0.2) is 9.98 Å². The molecular formula is C13H18N2O2. The summed E-state index contributed by atoms with van der Waals surface area (Å²) < 4.78 is 0. The van der Waals surface area contributed by atoms with E-state index in [4.69, 9.17) is 0 Å². The van der Waals surface area contributed by atoms with Gasteiger partial charge in [-0.2, -0.15) is 0 Å². The topological polar surface area (TPSA) is 58.9 Å². The number of nitrogens with zero attached hydrogens (tertiary/aromatic N) is 2. The van der Waals surface area contributed by atoms with Gasteiger partial charge in [0, 0.05) is 0 Å². The summed E-state index contributed by atoms with van der Waals surface area (Å²) in [6.07, 6.45) is 10.3. The van der Waals surface area contributed by atoms with Gasteiger partial charge in [0.15, 0.2) is 0 Å². The Labute approximate surface area is 101 Å². The lowest BCUT2D eigenvalue weighted by molar-refractivity contribution is 0.172. The Hall–Kier alpha value is -1.24.